The summed E-state index contributed by atoms with van der Waals surface area (Å²) in [6, 6.07) is 5.38. The number of benzene rings is 2. The zero-order valence-electron chi connectivity index (χ0n) is 22.0. The van der Waals surface area contributed by atoms with Crippen molar-refractivity contribution in [3.63, 3.8) is 0 Å². The minimum atomic E-state index is -0.726. The summed E-state index contributed by atoms with van der Waals surface area (Å²) in [5, 5.41) is 0.466. The number of hydrogen-bond acceptors (Lipinski definition) is 4. The molecule has 38 heavy (non-hydrogen) atoms. The van der Waals surface area contributed by atoms with Crippen molar-refractivity contribution in [1.29, 1.82) is 0 Å². The van der Waals surface area contributed by atoms with E-state index < -0.39 is 23.1 Å². The lowest BCUT2D eigenvalue weighted by atomic mass is 9.81. The van der Waals surface area contributed by atoms with Gasteiger partial charge in [0.2, 0.25) is 5.91 Å². The Hall–Kier alpha value is -3.52. The smallest absolute Gasteiger partial charge is 0.251 e. The molecule has 5 rings (SSSR count). The molecule has 0 radical (unpaired) electrons. The van der Waals surface area contributed by atoms with Crippen LogP contribution in [0.25, 0.3) is 22.0 Å². The molecule has 3 aromatic rings. The standard InChI is InChI=1S/C29H29ClF2N4O2/c1-7-22(37)35-14-21-28(38)34(6)20-12-33-26-16(27(20)36(21)13-15(35)2)11-18(30)24(25(26)32)23-17(29(3,4)5)9-8-10-19(23)31/h7-12,15,21H,1,13-14H2,2-6H3. The monoisotopic (exact) mass is 538 g/mol. The predicted molar refractivity (Wildman–Crippen MR) is 147 cm³/mol. The van der Waals surface area contributed by atoms with Crippen LogP contribution in [0.3, 0.4) is 0 Å². The van der Waals surface area contributed by atoms with Crippen molar-refractivity contribution in [2.24, 2.45) is 0 Å². The second kappa shape index (κ2) is 9.05. The van der Waals surface area contributed by atoms with Gasteiger partial charge in [0.15, 0.2) is 5.82 Å². The average molecular weight is 539 g/mol. The Kier molecular flexibility index (Phi) is 6.21. The Bertz CT molecular complexity index is 1520. The number of fused-ring (bicyclic) bond motifs is 5. The summed E-state index contributed by atoms with van der Waals surface area (Å²) in [4.78, 5) is 35.1. The first-order valence-electron chi connectivity index (χ1n) is 12.4. The van der Waals surface area contributed by atoms with Gasteiger partial charge < -0.3 is 14.7 Å². The summed E-state index contributed by atoms with van der Waals surface area (Å²) in [6.45, 7) is 11.8. The summed E-state index contributed by atoms with van der Waals surface area (Å²) < 4.78 is 31.6. The summed E-state index contributed by atoms with van der Waals surface area (Å²) >= 11 is 6.73. The van der Waals surface area contributed by atoms with Crippen LogP contribution < -0.4 is 9.80 Å². The first kappa shape index (κ1) is 26.1. The zero-order valence-corrected chi connectivity index (χ0v) is 22.7. The SMILES string of the molecule is C=CC(=O)N1CC2C(=O)N(C)c3cnc4c(F)c(-c5c(F)cccc5C(C)(C)C)c(Cl)cc4c3N2CC1C. The lowest BCUT2D eigenvalue weighted by molar-refractivity contribution is -0.130. The van der Waals surface area contributed by atoms with E-state index in [0.717, 1.165) is 0 Å². The molecule has 2 aliphatic heterocycles. The van der Waals surface area contributed by atoms with E-state index >= 15 is 8.78 Å². The van der Waals surface area contributed by atoms with Crippen LogP contribution in [0.15, 0.2) is 43.1 Å². The topological polar surface area (TPSA) is 56.8 Å². The van der Waals surface area contributed by atoms with Gasteiger partial charge in [-0.3, -0.25) is 14.6 Å². The zero-order chi connectivity index (χ0) is 27.7. The van der Waals surface area contributed by atoms with E-state index in [1.54, 1.807) is 30.1 Å². The van der Waals surface area contributed by atoms with Crippen LogP contribution >= 0.6 is 11.6 Å². The van der Waals surface area contributed by atoms with Crippen LogP contribution in [0.4, 0.5) is 20.2 Å². The van der Waals surface area contributed by atoms with Crippen molar-refractivity contribution in [3.05, 3.63) is 65.3 Å². The number of piperazine rings is 1. The number of hydrogen-bond donors (Lipinski definition) is 0. The fourth-order valence-electron chi connectivity index (χ4n) is 5.62. The van der Waals surface area contributed by atoms with Gasteiger partial charge in [-0.15, -0.1) is 0 Å². The largest absolute Gasteiger partial charge is 0.354 e. The van der Waals surface area contributed by atoms with Crippen LogP contribution in [0.5, 0.6) is 0 Å². The van der Waals surface area contributed by atoms with E-state index in [-0.39, 0.29) is 46.1 Å². The normalized spacial score (nSPS) is 19.5. The molecule has 0 spiro atoms. The quantitative estimate of drug-likeness (QED) is 0.393. The second-order valence-electron chi connectivity index (χ2n) is 11.0. The molecule has 1 aromatic heterocycles. The van der Waals surface area contributed by atoms with Gasteiger partial charge in [-0.25, -0.2) is 8.78 Å². The minimum absolute atomic E-state index is 0.0324. The highest BCUT2D eigenvalue weighted by Gasteiger charge is 2.44. The molecule has 0 bridgehead atoms. The maximum absolute atomic E-state index is 16.3. The molecule has 0 aliphatic carbocycles. The second-order valence-corrected chi connectivity index (χ2v) is 11.4. The van der Waals surface area contributed by atoms with Gasteiger partial charge in [-0.05, 0) is 36.1 Å². The molecule has 1 fully saturated rings. The lowest BCUT2D eigenvalue weighted by Gasteiger charge is -2.50. The number of carbonyl (C=O) groups excluding carboxylic acids is 2. The number of pyridine rings is 1. The van der Waals surface area contributed by atoms with Gasteiger partial charge in [0.05, 0.1) is 29.1 Å². The van der Waals surface area contributed by atoms with Crippen molar-refractivity contribution >= 4 is 45.7 Å². The molecule has 0 N–H and O–H groups in total. The van der Waals surface area contributed by atoms with Crippen LogP contribution in [0, 0.1) is 11.6 Å². The van der Waals surface area contributed by atoms with Gasteiger partial charge in [0.25, 0.3) is 5.91 Å². The first-order chi connectivity index (χ1) is 17.9. The lowest BCUT2D eigenvalue weighted by Crippen LogP contribution is -2.65. The van der Waals surface area contributed by atoms with E-state index in [9.17, 15) is 9.59 Å². The Morgan fingerprint density at radius 3 is 2.58 bits per heavy atom. The number of nitrogens with zero attached hydrogens (tertiary/aromatic N) is 4. The van der Waals surface area contributed by atoms with Crippen LogP contribution in [-0.2, 0) is 15.0 Å². The summed E-state index contributed by atoms with van der Waals surface area (Å²) in [7, 11) is 1.63. The molecule has 2 aromatic carbocycles. The van der Waals surface area contributed by atoms with E-state index in [2.05, 4.69) is 11.6 Å². The molecule has 1 saturated heterocycles. The average Bonchev–Trinajstić information content (AvgIpc) is 2.86. The molecule has 0 saturated carbocycles. The summed E-state index contributed by atoms with van der Waals surface area (Å²) in [5.74, 6) is -1.75. The Balaban J connectivity index is 1.75. The van der Waals surface area contributed by atoms with Gasteiger partial charge in [0.1, 0.15) is 17.4 Å². The van der Waals surface area contributed by atoms with E-state index in [1.807, 2.05) is 32.6 Å². The van der Waals surface area contributed by atoms with Gasteiger partial charge >= 0.3 is 0 Å². The van der Waals surface area contributed by atoms with Gasteiger partial charge in [-0.2, -0.15) is 0 Å². The third-order valence-corrected chi connectivity index (χ3v) is 7.84. The van der Waals surface area contributed by atoms with E-state index in [1.165, 1.54) is 23.2 Å². The van der Waals surface area contributed by atoms with Gasteiger partial charge in [0, 0.05) is 36.1 Å². The minimum Gasteiger partial charge on any atom is -0.354 e. The van der Waals surface area contributed by atoms with Crippen molar-refractivity contribution in [3.8, 4) is 11.1 Å². The van der Waals surface area contributed by atoms with Crippen molar-refractivity contribution in [2.75, 3.05) is 29.9 Å². The Labute approximate surface area is 225 Å². The maximum atomic E-state index is 16.3. The van der Waals surface area contributed by atoms with E-state index in [4.69, 9.17) is 11.6 Å². The Morgan fingerprint density at radius 2 is 1.92 bits per heavy atom. The van der Waals surface area contributed by atoms with Crippen LogP contribution in [0.2, 0.25) is 5.02 Å². The van der Waals surface area contributed by atoms with Crippen LogP contribution in [-0.4, -0.2) is 53.9 Å². The highest BCUT2D eigenvalue weighted by atomic mass is 35.5. The molecule has 2 unspecified atom stereocenters. The van der Waals surface area contributed by atoms with Crippen molar-refractivity contribution < 1.29 is 18.4 Å². The van der Waals surface area contributed by atoms with Crippen molar-refractivity contribution in [1.82, 2.24) is 9.88 Å². The number of rotatable bonds is 2. The first-order valence-corrected chi connectivity index (χ1v) is 12.8. The fraction of sp³-hybridized carbons (Fsp3) is 0.345. The molecule has 2 atom stereocenters. The molecule has 3 heterocycles. The molecular weight excluding hydrogens is 510 g/mol. The third-order valence-electron chi connectivity index (χ3n) is 7.54. The third kappa shape index (κ3) is 3.85. The maximum Gasteiger partial charge on any atom is 0.251 e. The van der Waals surface area contributed by atoms with Gasteiger partial charge in [-0.1, -0.05) is 51.1 Å². The molecule has 6 nitrogen and oxygen atoms in total. The van der Waals surface area contributed by atoms with Crippen LogP contribution in [0.1, 0.15) is 33.3 Å². The number of halogens is 3. The van der Waals surface area contributed by atoms with E-state index in [0.29, 0.717) is 28.9 Å². The fourth-order valence-corrected chi connectivity index (χ4v) is 5.91. The highest BCUT2D eigenvalue weighted by Crippen LogP contribution is 2.47. The van der Waals surface area contributed by atoms with Crippen molar-refractivity contribution in [2.45, 2.75) is 45.2 Å². The Morgan fingerprint density at radius 1 is 1.21 bits per heavy atom. The summed E-state index contributed by atoms with van der Waals surface area (Å²) in [6.07, 6.45) is 2.70. The molecule has 2 aliphatic rings. The molecule has 9 heteroatoms. The number of carbonyl (C=O) groups is 2. The summed E-state index contributed by atoms with van der Waals surface area (Å²) in [5.41, 5.74) is 1.37. The molecule has 2 amide bonds. The number of likely N-dealkylation sites (N-methyl/N-ethyl adjacent to an activating group) is 1. The molecular formula is C29H29ClF2N4O2. The number of anilines is 2. The number of aromatic nitrogens is 1. The molecule has 198 valence electrons. The highest BCUT2D eigenvalue weighted by molar-refractivity contribution is 6.34. The number of amides is 2. The predicted octanol–water partition coefficient (Wildman–Crippen LogP) is 5.70.